The Hall–Kier alpha value is -1.15. The first kappa shape index (κ1) is 12.3. The third-order valence-electron chi connectivity index (χ3n) is 4.04. The van der Waals surface area contributed by atoms with E-state index in [9.17, 15) is 4.79 Å². The van der Waals surface area contributed by atoms with E-state index < -0.39 is 0 Å². The molecule has 1 aromatic carbocycles. The Morgan fingerprint density at radius 2 is 1.82 bits per heavy atom. The molecule has 0 aliphatic carbocycles. The van der Waals surface area contributed by atoms with Gasteiger partial charge in [-0.1, -0.05) is 37.3 Å². The van der Waals surface area contributed by atoms with Crippen LogP contribution in [-0.2, 0) is 11.3 Å². The van der Waals surface area contributed by atoms with Gasteiger partial charge in [0.2, 0.25) is 0 Å². The number of carbonyl (C=O) groups excluding carboxylic acids is 1. The number of ketones is 1. The number of likely N-dealkylation sites (tertiary alicyclic amines) is 1. The molecule has 1 saturated heterocycles. The minimum absolute atomic E-state index is 0.0569. The molecular formula is C15H21NO. The Labute approximate surface area is 104 Å². The van der Waals surface area contributed by atoms with Crippen molar-refractivity contribution in [2.45, 2.75) is 45.8 Å². The second kappa shape index (κ2) is 5.01. The van der Waals surface area contributed by atoms with Gasteiger partial charge < -0.3 is 0 Å². The third-order valence-corrected chi connectivity index (χ3v) is 4.04. The van der Waals surface area contributed by atoms with Crippen molar-refractivity contribution in [3.05, 3.63) is 35.9 Å². The van der Waals surface area contributed by atoms with Crippen molar-refractivity contribution in [2.24, 2.45) is 5.92 Å². The van der Waals surface area contributed by atoms with Gasteiger partial charge in [-0.3, -0.25) is 9.69 Å². The molecule has 0 N–H and O–H groups in total. The van der Waals surface area contributed by atoms with Crippen LogP contribution in [0, 0.1) is 5.92 Å². The van der Waals surface area contributed by atoms with Crippen molar-refractivity contribution in [3.8, 4) is 0 Å². The van der Waals surface area contributed by atoms with Crippen LogP contribution in [0.5, 0.6) is 0 Å². The monoisotopic (exact) mass is 231 g/mol. The van der Waals surface area contributed by atoms with E-state index in [1.165, 1.54) is 5.56 Å². The van der Waals surface area contributed by atoms with Crippen molar-refractivity contribution < 1.29 is 4.79 Å². The molecule has 3 atom stereocenters. The van der Waals surface area contributed by atoms with Crippen molar-refractivity contribution in [1.82, 2.24) is 4.90 Å². The summed E-state index contributed by atoms with van der Waals surface area (Å²) in [5.41, 5.74) is 1.29. The standard InChI is InChI=1S/C15H21NO/c1-11-9-15(17)13(3)16(12(11)2)10-14-7-5-4-6-8-14/h4-8,11-13H,9-10H2,1-3H3/t11-,12+,13+/m1/s1. The fourth-order valence-electron chi connectivity index (χ4n) is 2.60. The van der Waals surface area contributed by atoms with E-state index in [-0.39, 0.29) is 6.04 Å². The summed E-state index contributed by atoms with van der Waals surface area (Å²) in [4.78, 5) is 14.2. The number of Topliss-reactive ketones (excluding diaryl/α,β-unsaturated/α-hetero) is 1. The average molecular weight is 231 g/mol. The van der Waals surface area contributed by atoms with Crippen LogP contribution >= 0.6 is 0 Å². The van der Waals surface area contributed by atoms with Crippen LogP contribution in [0.3, 0.4) is 0 Å². The molecule has 0 saturated carbocycles. The van der Waals surface area contributed by atoms with Crippen molar-refractivity contribution in [3.63, 3.8) is 0 Å². The molecule has 1 aromatic rings. The van der Waals surface area contributed by atoms with Gasteiger partial charge in [0.1, 0.15) is 5.78 Å². The van der Waals surface area contributed by atoms with Crippen LogP contribution in [0.15, 0.2) is 30.3 Å². The molecule has 1 fully saturated rings. The fraction of sp³-hybridized carbons (Fsp3) is 0.533. The number of hydrogen-bond donors (Lipinski definition) is 0. The second-order valence-corrected chi connectivity index (χ2v) is 5.22. The maximum absolute atomic E-state index is 11.9. The van der Waals surface area contributed by atoms with Crippen LogP contribution in [0.4, 0.5) is 0 Å². The molecule has 1 heterocycles. The van der Waals surface area contributed by atoms with Gasteiger partial charge in [-0.15, -0.1) is 0 Å². The van der Waals surface area contributed by atoms with E-state index in [4.69, 9.17) is 0 Å². The van der Waals surface area contributed by atoms with Gasteiger partial charge in [0.15, 0.2) is 0 Å². The summed E-state index contributed by atoms with van der Waals surface area (Å²) in [5, 5.41) is 0. The van der Waals surface area contributed by atoms with Gasteiger partial charge in [0.05, 0.1) is 6.04 Å². The van der Waals surface area contributed by atoms with Gasteiger partial charge in [0, 0.05) is 19.0 Å². The molecule has 17 heavy (non-hydrogen) atoms. The number of benzene rings is 1. The highest BCUT2D eigenvalue weighted by atomic mass is 16.1. The Kier molecular flexibility index (Phi) is 3.63. The lowest BCUT2D eigenvalue weighted by atomic mass is 9.87. The summed E-state index contributed by atoms with van der Waals surface area (Å²) in [7, 11) is 0. The van der Waals surface area contributed by atoms with Gasteiger partial charge in [0.25, 0.3) is 0 Å². The zero-order chi connectivity index (χ0) is 12.4. The average Bonchev–Trinajstić information content (AvgIpc) is 2.33. The highest BCUT2D eigenvalue weighted by Gasteiger charge is 2.35. The first-order chi connectivity index (χ1) is 8.09. The molecule has 0 unspecified atom stereocenters. The van der Waals surface area contributed by atoms with E-state index in [1.54, 1.807) is 0 Å². The third kappa shape index (κ3) is 2.58. The normalized spacial score (nSPS) is 30.5. The smallest absolute Gasteiger partial charge is 0.150 e. The summed E-state index contributed by atoms with van der Waals surface area (Å²) in [6.45, 7) is 7.32. The van der Waals surface area contributed by atoms with Gasteiger partial charge >= 0.3 is 0 Å². The Balaban J connectivity index is 2.15. The van der Waals surface area contributed by atoms with Crippen LogP contribution in [-0.4, -0.2) is 22.8 Å². The number of hydrogen-bond acceptors (Lipinski definition) is 2. The molecule has 0 amide bonds. The summed E-state index contributed by atoms with van der Waals surface area (Å²) in [6.07, 6.45) is 0.730. The van der Waals surface area contributed by atoms with E-state index in [0.29, 0.717) is 17.7 Å². The quantitative estimate of drug-likeness (QED) is 0.780. The molecule has 0 aromatic heterocycles. The van der Waals surface area contributed by atoms with E-state index in [1.807, 2.05) is 13.0 Å². The van der Waals surface area contributed by atoms with Gasteiger partial charge in [-0.2, -0.15) is 0 Å². The Morgan fingerprint density at radius 1 is 1.18 bits per heavy atom. The van der Waals surface area contributed by atoms with E-state index in [0.717, 1.165) is 13.0 Å². The lowest BCUT2D eigenvalue weighted by Gasteiger charge is -2.41. The topological polar surface area (TPSA) is 20.3 Å². The lowest BCUT2D eigenvalue weighted by molar-refractivity contribution is -0.130. The van der Waals surface area contributed by atoms with Gasteiger partial charge in [-0.05, 0) is 25.3 Å². The minimum atomic E-state index is 0.0569. The van der Waals surface area contributed by atoms with Crippen LogP contribution in [0.2, 0.25) is 0 Å². The van der Waals surface area contributed by atoms with Crippen molar-refractivity contribution in [1.29, 1.82) is 0 Å². The molecular weight excluding hydrogens is 210 g/mol. The molecule has 2 rings (SSSR count). The molecule has 1 aliphatic heterocycles. The predicted octanol–water partition coefficient (Wildman–Crippen LogP) is 2.87. The van der Waals surface area contributed by atoms with Crippen LogP contribution < -0.4 is 0 Å². The zero-order valence-electron chi connectivity index (χ0n) is 10.9. The van der Waals surface area contributed by atoms with Crippen molar-refractivity contribution >= 4 is 5.78 Å². The summed E-state index contributed by atoms with van der Waals surface area (Å²) >= 11 is 0. The molecule has 2 heteroatoms. The Bertz CT molecular complexity index is 387. The largest absolute Gasteiger partial charge is 0.298 e. The molecule has 0 bridgehead atoms. The fourth-order valence-corrected chi connectivity index (χ4v) is 2.60. The highest BCUT2D eigenvalue weighted by molar-refractivity contribution is 5.84. The summed E-state index contributed by atoms with van der Waals surface area (Å²) in [6, 6.07) is 10.9. The van der Waals surface area contributed by atoms with E-state index >= 15 is 0 Å². The molecule has 0 spiro atoms. The molecule has 2 nitrogen and oxygen atoms in total. The maximum atomic E-state index is 11.9. The van der Waals surface area contributed by atoms with Crippen molar-refractivity contribution in [2.75, 3.05) is 0 Å². The molecule has 92 valence electrons. The molecule has 1 aliphatic rings. The van der Waals surface area contributed by atoms with Crippen LogP contribution in [0.25, 0.3) is 0 Å². The number of carbonyl (C=O) groups is 1. The van der Waals surface area contributed by atoms with E-state index in [2.05, 4.69) is 43.0 Å². The highest BCUT2D eigenvalue weighted by Crippen LogP contribution is 2.26. The number of rotatable bonds is 2. The number of piperidine rings is 1. The molecule has 0 radical (unpaired) electrons. The number of nitrogens with zero attached hydrogens (tertiary/aromatic N) is 1. The van der Waals surface area contributed by atoms with Gasteiger partial charge in [-0.25, -0.2) is 0 Å². The summed E-state index contributed by atoms with van der Waals surface area (Å²) < 4.78 is 0. The zero-order valence-corrected chi connectivity index (χ0v) is 10.9. The maximum Gasteiger partial charge on any atom is 0.150 e. The SMILES string of the molecule is C[C@@H]1CC(=O)[C@H](C)N(Cc2ccccc2)[C@H]1C. The predicted molar refractivity (Wildman–Crippen MR) is 69.7 cm³/mol. The summed E-state index contributed by atoms with van der Waals surface area (Å²) in [5.74, 6) is 0.842. The second-order valence-electron chi connectivity index (χ2n) is 5.22. The first-order valence-electron chi connectivity index (χ1n) is 6.42. The van der Waals surface area contributed by atoms with Crippen LogP contribution in [0.1, 0.15) is 32.8 Å². The first-order valence-corrected chi connectivity index (χ1v) is 6.42. The minimum Gasteiger partial charge on any atom is -0.298 e. The Morgan fingerprint density at radius 3 is 2.47 bits per heavy atom. The lowest BCUT2D eigenvalue weighted by Crippen LogP contribution is -2.51.